The fraction of sp³-hybridized carbons (Fsp3) is 0.944. The number of carbonyl (C=O) groups is 2. The Morgan fingerprint density at radius 1 is 0.651 bits per heavy atom. The molecule has 0 fully saturated rings. The zero-order valence-corrected chi connectivity index (χ0v) is 33.8. The maximum absolute atomic E-state index is 14.1. The molecule has 0 aromatic heterocycles. The average Bonchev–Trinajstić information content (AvgIpc) is 3.01. The van der Waals surface area contributed by atoms with Crippen LogP contribution in [-0.4, -0.2) is 58.1 Å². The fourth-order valence-electron chi connectivity index (χ4n) is 5.35. The van der Waals surface area contributed by atoms with E-state index in [1.807, 2.05) is 11.8 Å². The van der Waals surface area contributed by atoms with Crippen LogP contribution in [0.2, 0.25) is 0 Å². The third kappa shape index (κ3) is 21.8. The Kier molecular flexibility index (Phi) is 30.1. The molecule has 4 unspecified atom stereocenters. The molecule has 0 saturated carbocycles. The molecule has 0 rings (SSSR count). The summed E-state index contributed by atoms with van der Waals surface area (Å²) in [7, 11) is 0. The molecule has 4 atom stereocenters. The number of thiol groups is 1. The zero-order chi connectivity index (χ0) is 32.2. The van der Waals surface area contributed by atoms with Gasteiger partial charge >= 0.3 is 290 Å². The van der Waals surface area contributed by atoms with Crippen molar-refractivity contribution in [1.29, 1.82) is 0 Å². The fourth-order valence-corrected chi connectivity index (χ4v) is 14.4. The van der Waals surface area contributed by atoms with E-state index in [2.05, 4.69) is 41.5 Å². The first-order valence-electron chi connectivity index (χ1n) is 18.3. The van der Waals surface area contributed by atoms with Crippen LogP contribution in [0.3, 0.4) is 0 Å². The Morgan fingerprint density at radius 3 is 1.63 bits per heavy atom. The van der Waals surface area contributed by atoms with E-state index in [0.717, 1.165) is 76.4 Å². The minimum atomic E-state index is -1.67. The van der Waals surface area contributed by atoms with Gasteiger partial charge in [-0.15, -0.1) is 0 Å². The number of hydrogen-bond donors (Lipinski definition) is 1. The molecule has 0 aromatic carbocycles. The summed E-state index contributed by atoms with van der Waals surface area (Å²) in [5, 5.41) is 0. The minimum absolute atomic E-state index is 0.0557. The molecule has 0 spiro atoms. The Labute approximate surface area is 288 Å². The second-order valence-corrected chi connectivity index (χ2v) is 21.8. The number of unbranched alkanes of at least 4 members (excludes halogenated alkanes) is 12. The summed E-state index contributed by atoms with van der Waals surface area (Å²) in [4.78, 5) is 27.4. The molecule has 0 aliphatic heterocycles. The average molecular weight is 750 g/mol. The van der Waals surface area contributed by atoms with E-state index in [9.17, 15) is 9.59 Å². The molecule has 0 aliphatic carbocycles. The second kappa shape index (κ2) is 29.8. The van der Waals surface area contributed by atoms with Crippen LogP contribution < -0.4 is 0 Å². The normalized spacial score (nSPS) is 15.0. The van der Waals surface area contributed by atoms with Crippen LogP contribution in [0, 0.1) is 11.8 Å². The Morgan fingerprint density at radius 2 is 1.12 bits per heavy atom. The van der Waals surface area contributed by atoms with E-state index in [0.29, 0.717) is 25.0 Å². The molecule has 0 amide bonds. The molecule has 0 bridgehead atoms. The van der Waals surface area contributed by atoms with Crippen LogP contribution >= 0.6 is 24.4 Å². The van der Waals surface area contributed by atoms with Gasteiger partial charge in [0.15, 0.2) is 0 Å². The van der Waals surface area contributed by atoms with Gasteiger partial charge in [0.1, 0.15) is 0 Å². The van der Waals surface area contributed by atoms with Crippen molar-refractivity contribution in [2.75, 3.05) is 19.0 Å². The number of ether oxygens (including phenoxy) is 2. The number of hydrogen-bond acceptors (Lipinski definition) is 6. The number of carbonyl (C=O) groups excluding carboxylic acids is 2. The number of thioether (sulfide) groups is 1. The summed E-state index contributed by atoms with van der Waals surface area (Å²) in [5.74, 6) is 1.51. The first-order chi connectivity index (χ1) is 20.8. The van der Waals surface area contributed by atoms with Crippen molar-refractivity contribution in [3.8, 4) is 0 Å². The summed E-state index contributed by atoms with van der Waals surface area (Å²) in [6, 6.07) is 0. The van der Waals surface area contributed by atoms with E-state index in [1.54, 1.807) is 0 Å². The Hall–Kier alpha value is 0.439. The summed E-state index contributed by atoms with van der Waals surface area (Å²) in [6.07, 6.45) is 24.3. The van der Waals surface area contributed by atoms with Gasteiger partial charge < -0.3 is 0 Å². The van der Waals surface area contributed by atoms with Gasteiger partial charge in [-0.1, -0.05) is 0 Å². The Balaban J connectivity index is 5.72. The monoisotopic (exact) mass is 750 g/mol. The van der Waals surface area contributed by atoms with E-state index in [1.165, 1.54) is 64.2 Å². The van der Waals surface area contributed by atoms with Crippen molar-refractivity contribution in [2.24, 2.45) is 11.8 Å². The van der Waals surface area contributed by atoms with Gasteiger partial charge in [0, 0.05) is 0 Å². The number of rotatable bonds is 31. The molecule has 0 aromatic rings. The van der Waals surface area contributed by atoms with E-state index < -0.39 is 27.2 Å². The van der Waals surface area contributed by atoms with E-state index in [4.69, 9.17) is 22.1 Å². The van der Waals surface area contributed by atoms with Crippen LogP contribution in [0.5, 0.6) is 0 Å². The zero-order valence-electron chi connectivity index (χ0n) is 29.2. The number of esters is 2. The molecule has 2 radical (unpaired) electrons. The predicted molar refractivity (Wildman–Crippen MR) is 194 cm³/mol. The Bertz CT molecular complexity index is 665. The molecule has 254 valence electrons. The van der Waals surface area contributed by atoms with E-state index in [-0.39, 0.29) is 11.9 Å². The van der Waals surface area contributed by atoms with Gasteiger partial charge in [-0.2, -0.15) is 0 Å². The quantitative estimate of drug-likeness (QED) is 0.0331. The first kappa shape index (κ1) is 43.4. The predicted octanol–water partition coefficient (Wildman–Crippen LogP) is 11.0. The van der Waals surface area contributed by atoms with Crippen molar-refractivity contribution < 1.29 is 19.1 Å². The van der Waals surface area contributed by atoms with Crippen LogP contribution in [0.4, 0.5) is 0 Å². The molecular weight excluding hydrogens is 679 g/mol. The van der Waals surface area contributed by atoms with Crippen molar-refractivity contribution in [1.82, 2.24) is 0 Å². The van der Waals surface area contributed by atoms with Gasteiger partial charge in [-0.3, -0.25) is 0 Å². The molecule has 0 saturated heterocycles. The van der Waals surface area contributed by atoms with Gasteiger partial charge in [-0.25, -0.2) is 0 Å². The van der Waals surface area contributed by atoms with Crippen molar-refractivity contribution >= 4 is 57.5 Å². The molecule has 0 heterocycles. The summed E-state index contributed by atoms with van der Waals surface area (Å²) in [6.45, 7) is 14.3. The van der Waals surface area contributed by atoms with Crippen LogP contribution in [0.1, 0.15) is 176 Å². The van der Waals surface area contributed by atoms with Gasteiger partial charge in [-0.05, 0) is 0 Å². The van der Waals surface area contributed by atoms with Gasteiger partial charge in [0.25, 0.3) is 0 Å². The molecule has 0 N–H and O–H groups in total. The molecule has 0 aliphatic rings. The topological polar surface area (TPSA) is 52.6 Å². The standard InChI is InChI=1S/C26H51O2S.C10H19O2S.Sn/c1-5-9-12-14-16-18-21-25(29-22-19-17-15-13-10-6-2)26(27)28-23-24(8-4)20-11-7-3;1-3-5-6-9(4-2)7-12-10(11)8-13;/h24H,5-23H2,1-4H3;8-9,13H,3-7H2,1-2H3;. The van der Waals surface area contributed by atoms with Crippen LogP contribution in [-0.2, 0) is 19.1 Å². The summed E-state index contributed by atoms with van der Waals surface area (Å²) >= 11 is 5.00. The van der Waals surface area contributed by atoms with E-state index >= 15 is 0 Å². The second-order valence-electron chi connectivity index (χ2n) is 12.6. The third-order valence-electron chi connectivity index (χ3n) is 8.65. The first-order valence-corrected chi connectivity index (χ1v) is 22.8. The molecular formula is C36H70O4S2Sn. The molecule has 4 nitrogen and oxygen atoms in total. The summed E-state index contributed by atoms with van der Waals surface area (Å²) in [5.41, 5.74) is 0. The third-order valence-corrected chi connectivity index (χ3v) is 17.2. The van der Waals surface area contributed by atoms with Gasteiger partial charge in [0.05, 0.1) is 0 Å². The van der Waals surface area contributed by atoms with Crippen LogP contribution in [0.15, 0.2) is 0 Å². The van der Waals surface area contributed by atoms with Crippen molar-refractivity contribution in [3.63, 3.8) is 0 Å². The molecule has 43 heavy (non-hydrogen) atoms. The summed E-state index contributed by atoms with van der Waals surface area (Å²) < 4.78 is 11.0. The van der Waals surface area contributed by atoms with Crippen LogP contribution in [0.25, 0.3) is 0 Å². The van der Waals surface area contributed by atoms with Crippen molar-refractivity contribution in [3.05, 3.63) is 0 Å². The SMILES string of the molecule is CCCCCCCCS[C](CCCCCCCC)([Sn][CH](S)C(=O)OCC(CC)CCCC)C(=O)OCC(CC)CCCC. The van der Waals surface area contributed by atoms with Crippen molar-refractivity contribution in [2.45, 2.75) is 182 Å². The van der Waals surface area contributed by atoms with Gasteiger partial charge in [0.2, 0.25) is 0 Å². The molecule has 7 heteroatoms. The maximum atomic E-state index is 14.1.